The zero-order valence-electron chi connectivity index (χ0n) is 14.3. The first-order chi connectivity index (χ1) is 12.3. The lowest BCUT2D eigenvalue weighted by Gasteiger charge is -2.28. The van der Waals surface area contributed by atoms with Crippen LogP contribution >= 0.6 is 0 Å². The number of aromatic nitrogens is 4. The highest BCUT2D eigenvalue weighted by Crippen LogP contribution is 2.37. The van der Waals surface area contributed by atoms with E-state index in [4.69, 9.17) is 6.57 Å². The van der Waals surface area contributed by atoms with E-state index in [9.17, 15) is 13.2 Å². The smallest absolute Gasteiger partial charge is 0.370 e. The molecule has 1 fully saturated rings. The van der Waals surface area contributed by atoms with E-state index in [0.29, 0.717) is 12.2 Å². The van der Waals surface area contributed by atoms with Crippen molar-refractivity contribution in [1.29, 1.82) is 0 Å². The van der Waals surface area contributed by atoms with E-state index in [1.54, 1.807) is 13.1 Å². The fraction of sp³-hybridized carbons (Fsp3) is 0.500. The van der Waals surface area contributed by atoms with Crippen LogP contribution in [0.3, 0.4) is 0 Å². The largest absolute Gasteiger partial charge is 0.421 e. The van der Waals surface area contributed by atoms with Gasteiger partial charge in [-0.15, -0.1) is 0 Å². The summed E-state index contributed by atoms with van der Waals surface area (Å²) in [7, 11) is 0. The summed E-state index contributed by atoms with van der Waals surface area (Å²) >= 11 is 0. The summed E-state index contributed by atoms with van der Waals surface area (Å²) < 4.78 is 40.9. The van der Waals surface area contributed by atoms with Crippen LogP contribution in [-0.2, 0) is 6.18 Å². The van der Waals surface area contributed by atoms with E-state index in [-0.39, 0.29) is 23.8 Å². The average molecular weight is 365 g/mol. The molecule has 0 unspecified atom stereocenters. The topological polar surface area (TPSA) is 72.0 Å². The lowest BCUT2D eigenvalue weighted by atomic mass is 9.87. The van der Waals surface area contributed by atoms with Crippen molar-refractivity contribution in [2.75, 3.05) is 17.2 Å². The van der Waals surface area contributed by atoms with E-state index >= 15 is 0 Å². The number of rotatable bonds is 5. The predicted octanol–water partition coefficient (Wildman–Crippen LogP) is 3.80. The summed E-state index contributed by atoms with van der Waals surface area (Å²) in [6.45, 7) is 10.9. The van der Waals surface area contributed by atoms with Gasteiger partial charge in [-0.1, -0.05) is 0 Å². The van der Waals surface area contributed by atoms with Gasteiger partial charge in [0.25, 0.3) is 0 Å². The monoisotopic (exact) mass is 365 g/mol. The van der Waals surface area contributed by atoms with Crippen LogP contribution in [0.1, 0.15) is 37.1 Å². The molecule has 1 saturated carbocycles. The Labute approximate surface area is 148 Å². The molecule has 0 aliphatic heterocycles. The maximum atomic E-state index is 13.0. The first-order valence-electron chi connectivity index (χ1n) is 8.19. The van der Waals surface area contributed by atoms with Crippen molar-refractivity contribution in [3.8, 4) is 0 Å². The summed E-state index contributed by atoms with van der Waals surface area (Å²) in [4.78, 5) is 11.2. The minimum Gasteiger partial charge on any atom is -0.370 e. The number of nitrogens with zero attached hydrogens (tertiary/aromatic N) is 5. The van der Waals surface area contributed by atoms with Crippen LogP contribution in [0.4, 0.5) is 30.6 Å². The van der Waals surface area contributed by atoms with Crippen LogP contribution in [0.5, 0.6) is 0 Å². The van der Waals surface area contributed by atoms with Gasteiger partial charge in [0.15, 0.2) is 0 Å². The Morgan fingerprint density at radius 3 is 2.69 bits per heavy atom. The number of hydrogen-bond donors (Lipinski definition) is 2. The number of anilines is 3. The molecule has 0 amide bonds. The van der Waals surface area contributed by atoms with Gasteiger partial charge in [-0.05, 0) is 13.8 Å². The van der Waals surface area contributed by atoms with Crippen molar-refractivity contribution in [1.82, 2.24) is 19.7 Å². The molecule has 3 rings (SSSR count). The zero-order chi connectivity index (χ0) is 18.9. The predicted molar refractivity (Wildman–Crippen MR) is 90.1 cm³/mol. The van der Waals surface area contributed by atoms with Gasteiger partial charge in [0, 0.05) is 25.6 Å². The van der Waals surface area contributed by atoms with Gasteiger partial charge in [-0.3, -0.25) is 4.68 Å². The third-order valence-corrected chi connectivity index (χ3v) is 4.35. The Morgan fingerprint density at radius 2 is 2.08 bits per heavy atom. The Hall–Kier alpha value is -2.83. The standard InChI is InChI=1S/C16H18F3N7/c1-4-21-14-12(16(17,18)19)7-22-15(25-14)24-13-8-23-26(9(13)2)11-5-10(6-11)20-3/h7-8,10-11H,4-6H2,1-2H3,(H2,21,22,24,25). The van der Waals surface area contributed by atoms with Gasteiger partial charge >= 0.3 is 6.18 Å². The van der Waals surface area contributed by atoms with Crippen LogP contribution in [0.15, 0.2) is 12.4 Å². The molecule has 2 aromatic rings. The highest BCUT2D eigenvalue weighted by Gasteiger charge is 2.37. The number of alkyl halides is 3. The number of nitrogens with one attached hydrogen (secondary N) is 2. The lowest BCUT2D eigenvalue weighted by Crippen LogP contribution is -2.30. The first kappa shape index (κ1) is 18.0. The Bertz CT molecular complexity index is 831. The van der Waals surface area contributed by atoms with Gasteiger partial charge in [0.05, 0.1) is 23.6 Å². The van der Waals surface area contributed by atoms with Gasteiger partial charge in [-0.25, -0.2) is 11.6 Å². The molecular formula is C16H18F3N7. The molecule has 0 atom stereocenters. The van der Waals surface area contributed by atoms with Crippen LogP contribution in [0.2, 0.25) is 0 Å². The summed E-state index contributed by atoms with van der Waals surface area (Å²) in [5.41, 5.74) is 0.544. The SMILES string of the molecule is [C-]#[N+]C1CC(n2ncc(Nc3ncc(C(F)(F)F)c(NCC)n3)c2C)C1. The molecule has 0 bridgehead atoms. The third kappa shape index (κ3) is 3.42. The molecule has 138 valence electrons. The van der Waals surface area contributed by atoms with Crippen LogP contribution in [-0.4, -0.2) is 32.3 Å². The summed E-state index contributed by atoms with van der Waals surface area (Å²) in [5, 5.41) is 9.86. The van der Waals surface area contributed by atoms with Crippen LogP contribution in [0, 0.1) is 13.5 Å². The summed E-state index contributed by atoms with van der Waals surface area (Å²) in [5.74, 6) is -0.203. The van der Waals surface area contributed by atoms with Gasteiger partial charge < -0.3 is 15.5 Å². The quantitative estimate of drug-likeness (QED) is 0.789. The fourth-order valence-corrected chi connectivity index (χ4v) is 2.85. The molecule has 0 spiro atoms. The molecule has 0 aromatic carbocycles. The van der Waals surface area contributed by atoms with E-state index in [0.717, 1.165) is 24.7 Å². The van der Waals surface area contributed by atoms with E-state index < -0.39 is 11.7 Å². The fourth-order valence-electron chi connectivity index (χ4n) is 2.85. The average Bonchev–Trinajstić information content (AvgIpc) is 2.87. The molecule has 2 N–H and O–H groups in total. The van der Waals surface area contributed by atoms with E-state index in [2.05, 4.69) is 30.5 Å². The van der Waals surface area contributed by atoms with E-state index in [1.165, 1.54) is 0 Å². The Kier molecular flexibility index (Phi) is 4.71. The second kappa shape index (κ2) is 6.82. The second-order valence-corrected chi connectivity index (χ2v) is 6.11. The normalized spacial score (nSPS) is 19.5. The minimum atomic E-state index is -4.53. The van der Waals surface area contributed by atoms with Crippen LogP contribution < -0.4 is 10.6 Å². The van der Waals surface area contributed by atoms with Gasteiger partial charge in [-0.2, -0.15) is 23.3 Å². The molecular weight excluding hydrogens is 347 g/mol. The highest BCUT2D eigenvalue weighted by molar-refractivity contribution is 5.58. The zero-order valence-corrected chi connectivity index (χ0v) is 14.3. The molecule has 1 aliphatic carbocycles. The molecule has 0 saturated heterocycles. The summed E-state index contributed by atoms with van der Waals surface area (Å²) in [6.07, 6.45) is -0.659. The maximum absolute atomic E-state index is 13.0. The van der Waals surface area contributed by atoms with Crippen molar-refractivity contribution in [2.24, 2.45) is 0 Å². The minimum absolute atomic E-state index is 0.0425. The Morgan fingerprint density at radius 1 is 1.35 bits per heavy atom. The molecule has 2 aromatic heterocycles. The van der Waals surface area contributed by atoms with Crippen molar-refractivity contribution in [3.63, 3.8) is 0 Å². The number of hydrogen-bond acceptors (Lipinski definition) is 5. The van der Waals surface area contributed by atoms with Crippen molar-refractivity contribution < 1.29 is 13.2 Å². The lowest BCUT2D eigenvalue weighted by molar-refractivity contribution is -0.137. The third-order valence-electron chi connectivity index (χ3n) is 4.35. The first-order valence-corrected chi connectivity index (χ1v) is 8.19. The molecule has 10 heteroatoms. The van der Waals surface area contributed by atoms with Crippen molar-refractivity contribution in [3.05, 3.63) is 35.1 Å². The van der Waals surface area contributed by atoms with Gasteiger partial charge in [0.1, 0.15) is 11.4 Å². The van der Waals surface area contributed by atoms with Crippen molar-refractivity contribution >= 4 is 17.5 Å². The maximum Gasteiger partial charge on any atom is 0.421 e. The van der Waals surface area contributed by atoms with Crippen molar-refractivity contribution in [2.45, 2.75) is 44.9 Å². The molecule has 2 heterocycles. The molecule has 26 heavy (non-hydrogen) atoms. The van der Waals surface area contributed by atoms with Gasteiger partial charge in [0.2, 0.25) is 12.0 Å². The molecule has 0 radical (unpaired) electrons. The highest BCUT2D eigenvalue weighted by atomic mass is 19.4. The van der Waals surface area contributed by atoms with Crippen LogP contribution in [0.25, 0.3) is 4.85 Å². The molecule has 7 nitrogen and oxygen atoms in total. The molecule has 1 aliphatic rings. The number of halogens is 3. The second-order valence-electron chi connectivity index (χ2n) is 6.11. The van der Waals surface area contributed by atoms with E-state index in [1.807, 2.05) is 11.6 Å². The summed E-state index contributed by atoms with van der Waals surface area (Å²) in [6, 6.07) is 0.219. The Balaban J connectivity index is 1.80.